The van der Waals surface area contributed by atoms with Crippen LogP contribution in [0.3, 0.4) is 0 Å². The maximum absolute atomic E-state index is 12.1. The van der Waals surface area contributed by atoms with E-state index < -0.39 is 10.0 Å². The van der Waals surface area contributed by atoms with E-state index in [0.29, 0.717) is 11.0 Å². The summed E-state index contributed by atoms with van der Waals surface area (Å²) in [5.74, 6) is 0. The predicted octanol–water partition coefficient (Wildman–Crippen LogP) is 1.12. The minimum Gasteiger partial charge on any atom is -0.281 e. The molecule has 0 aliphatic rings. The first-order chi connectivity index (χ1) is 6.91. The van der Waals surface area contributed by atoms with Crippen molar-refractivity contribution in [3.05, 3.63) is 11.9 Å². The van der Waals surface area contributed by atoms with Crippen molar-refractivity contribution in [2.75, 3.05) is 12.4 Å². The first-order valence-electron chi connectivity index (χ1n) is 4.45. The van der Waals surface area contributed by atoms with E-state index in [9.17, 15) is 8.42 Å². The molecule has 1 rings (SSSR count). The predicted molar refractivity (Wildman–Crippen MR) is 61.5 cm³/mol. The van der Waals surface area contributed by atoms with Crippen molar-refractivity contribution in [3.8, 4) is 0 Å². The third-order valence-corrected chi connectivity index (χ3v) is 5.31. The second-order valence-electron chi connectivity index (χ2n) is 3.38. The third kappa shape index (κ3) is 2.40. The molecular formula is C8H14BrN3O2S. The summed E-state index contributed by atoms with van der Waals surface area (Å²) in [5.41, 5.74) is 0.559. The second kappa shape index (κ2) is 4.63. The molecule has 15 heavy (non-hydrogen) atoms. The number of alkyl halides is 1. The normalized spacial score (nSPS) is 14.5. The molecule has 1 N–H and O–H groups in total. The number of halogens is 1. The zero-order valence-corrected chi connectivity index (χ0v) is 11.3. The maximum atomic E-state index is 12.1. The molecule has 1 atom stereocenters. The lowest BCUT2D eigenvalue weighted by molar-refractivity contribution is 0.416. The van der Waals surface area contributed by atoms with Crippen molar-refractivity contribution in [1.29, 1.82) is 0 Å². The Labute approximate surface area is 98.0 Å². The number of rotatable bonds is 4. The third-order valence-electron chi connectivity index (χ3n) is 2.28. The van der Waals surface area contributed by atoms with Crippen LogP contribution in [0.5, 0.6) is 0 Å². The molecule has 0 radical (unpaired) electrons. The Morgan fingerprint density at radius 2 is 2.27 bits per heavy atom. The maximum Gasteiger partial charge on any atom is 0.246 e. The first-order valence-corrected chi connectivity index (χ1v) is 7.01. The number of hydrogen-bond acceptors (Lipinski definition) is 3. The zero-order chi connectivity index (χ0) is 11.6. The summed E-state index contributed by atoms with van der Waals surface area (Å²) in [6.45, 7) is 3.52. The minimum absolute atomic E-state index is 0.0932. The van der Waals surface area contributed by atoms with E-state index in [2.05, 4.69) is 26.1 Å². The molecule has 0 bridgehead atoms. The van der Waals surface area contributed by atoms with Crippen LogP contribution < -0.4 is 0 Å². The van der Waals surface area contributed by atoms with E-state index in [-0.39, 0.29) is 10.9 Å². The molecule has 0 aliphatic heterocycles. The standard InChI is InChI=1S/C8H14BrN3O2S/c1-6(4-9)12(3)15(13,14)8-5-10-11-7(8)2/h5-6H,4H2,1-3H3,(H,10,11). The fourth-order valence-electron chi connectivity index (χ4n) is 1.09. The van der Waals surface area contributed by atoms with Crippen LogP contribution in [-0.4, -0.2) is 41.3 Å². The molecule has 0 amide bonds. The van der Waals surface area contributed by atoms with Crippen LogP contribution in [0.15, 0.2) is 11.1 Å². The molecule has 7 heteroatoms. The lowest BCUT2D eigenvalue weighted by Crippen LogP contribution is -2.36. The van der Waals surface area contributed by atoms with Gasteiger partial charge in [0.2, 0.25) is 10.0 Å². The largest absolute Gasteiger partial charge is 0.281 e. The Morgan fingerprint density at radius 3 is 2.67 bits per heavy atom. The molecule has 0 aliphatic carbocycles. The van der Waals surface area contributed by atoms with Crippen LogP contribution in [0.25, 0.3) is 0 Å². The van der Waals surface area contributed by atoms with Gasteiger partial charge in [-0.2, -0.15) is 9.40 Å². The molecule has 1 aromatic rings. The Bertz CT molecular complexity index is 429. The van der Waals surface area contributed by atoms with E-state index in [1.807, 2.05) is 6.92 Å². The van der Waals surface area contributed by atoms with Gasteiger partial charge in [0.25, 0.3) is 0 Å². The van der Waals surface area contributed by atoms with Crippen molar-refractivity contribution in [2.24, 2.45) is 0 Å². The lowest BCUT2D eigenvalue weighted by atomic mass is 10.4. The SMILES string of the molecule is Cc1[nH]ncc1S(=O)(=O)N(C)C(C)CBr. The van der Waals surface area contributed by atoms with Gasteiger partial charge >= 0.3 is 0 Å². The van der Waals surface area contributed by atoms with Gasteiger partial charge < -0.3 is 0 Å². The van der Waals surface area contributed by atoms with Crippen molar-refractivity contribution in [1.82, 2.24) is 14.5 Å². The van der Waals surface area contributed by atoms with E-state index in [0.717, 1.165) is 0 Å². The van der Waals surface area contributed by atoms with Crippen LogP contribution in [0.2, 0.25) is 0 Å². The number of aryl methyl sites for hydroxylation is 1. The van der Waals surface area contributed by atoms with Gasteiger partial charge in [0.1, 0.15) is 4.90 Å². The van der Waals surface area contributed by atoms with Gasteiger partial charge in [-0.3, -0.25) is 5.10 Å². The summed E-state index contributed by atoms with van der Waals surface area (Å²) < 4.78 is 25.5. The lowest BCUT2D eigenvalue weighted by Gasteiger charge is -2.22. The molecule has 0 fully saturated rings. The van der Waals surface area contributed by atoms with Crippen molar-refractivity contribution < 1.29 is 8.42 Å². The Hall–Kier alpha value is -0.400. The minimum atomic E-state index is -3.43. The molecular weight excluding hydrogens is 282 g/mol. The molecule has 0 saturated carbocycles. The van der Waals surface area contributed by atoms with Crippen LogP contribution in [-0.2, 0) is 10.0 Å². The summed E-state index contributed by atoms with van der Waals surface area (Å²) in [6, 6.07) is -0.0932. The van der Waals surface area contributed by atoms with Gasteiger partial charge in [0, 0.05) is 18.4 Å². The van der Waals surface area contributed by atoms with Gasteiger partial charge in [-0.05, 0) is 13.8 Å². The molecule has 5 nitrogen and oxygen atoms in total. The van der Waals surface area contributed by atoms with Gasteiger partial charge in [-0.25, -0.2) is 8.42 Å². The molecule has 0 aromatic carbocycles. The molecule has 1 unspecified atom stereocenters. The Balaban J connectivity index is 3.09. The summed E-state index contributed by atoms with van der Waals surface area (Å²) in [7, 11) is -1.86. The monoisotopic (exact) mass is 295 g/mol. The number of aromatic amines is 1. The van der Waals surface area contributed by atoms with Gasteiger partial charge in [-0.15, -0.1) is 0 Å². The average molecular weight is 296 g/mol. The summed E-state index contributed by atoms with van der Waals surface area (Å²) in [5, 5.41) is 6.93. The number of nitrogens with zero attached hydrogens (tertiary/aromatic N) is 2. The molecule has 1 heterocycles. The second-order valence-corrected chi connectivity index (χ2v) is 6.00. The van der Waals surface area contributed by atoms with Gasteiger partial charge in [-0.1, -0.05) is 15.9 Å². The Kier molecular flexibility index (Phi) is 3.91. The summed E-state index contributed by atoms with van der Waals surface area (Å²) >= 11 is 3.26. The quantitative estimate of drug-likeness (QED) is 0.847. The highest BCUT2D eigenvalue weighted by molar-refractivity contribution is 9.09. The highest BCUT2D eigenvalue weighted by atomic mass is 79.9. The van der Waals surface area contributed by atoms with Crippen molar-refractivity contribution >= 4 is 26.0 Å². The fraction of sp³-hybridized carbons (Fsp3) is 0.625. The van der Waals surface area contributed by atoms with Crippen LogP contribution in [0, 0.1) is 6.92 Å². The number of H-pyrrole nitrogens is 1. The average Bonchev–Trinajstić information content (AvgIpc) is 2.62. The highest BCUT2D eigenvalue weighted by Gasteiger charge is 2.27. The van der Waals surface area contributed by atoms with Crippen LogP contribution in [0.4, 0.5) is 0 Å². The summed E-state index contributed by atoms with van der Waals surface area (Å²) in [6.07, 6.45) is 1.34. The molecule has 0 spiro atoms. The van der Waals surface area contributed by atoms with Crippen molar-refractivity contribution in [3.63, 3.8) is 0 Å². The number of aromatic nitrogens is 2. The van der Waals surface area contributed by atoms with E-state index >= 15 is 0 Å². The summed E-state index contributed by atoms with van der Waals surface area (Å²) in [4.78, 5) is 0.234. The fourth-order valence-corrected chi connectivity index (χ4v) is 3.19. The smallest absolute Gasteiger partial charge is 0.246 e. The van der Waals surface area contributed by atoms with Gasteiger partial charge in [0.15, 0.2) is 0 Å². The van der Waals surface area contributed by atoms with Crippen molar-refractivity contribution in [2.45, 2.75) is 24.8 Å². The molecule has 1 aromatic heterocycles. The number of hydrogen-bond donors (Lipinski definition) is 1. The number of sulfonamides is 1. The topological polar surface area (TPSA) is 66.1 Å². The molecule has 86 valence electrons. The van der Waals surface area contributed by atoms with E-state index in [4.69, 9.17) is 0 Å². The van der Waals surface area contributed by atoms with Crippen LogP contribution in [0.1, 0.15) is 12.6 Å². The van der Waals surface area contributed by atoms with Crippen LogP contribution >= 0.6 is 15.9 Å². The van der Waals surface area contributed by atoms with E-state index in [1.54, 1.807) is 14.0 Å². The zero-order valence-electron chi connectivity index (χ0n) is 8.86. The van der Waals surface area contributed by atoms with Gasteiger partial charge in [0.05, 0.1) is 11.9 Å². The first kappa shape index (κ1) is 12.7. The number of nitrogens with one attached hydrogen (secondary N) is 1. The molecule has 0 saturated heterocycles. The van der Waals surface area contributed by atoms with E-state index in [1.165, 1.54) is 10.5 Å². The Morgan fingerprint density at radius 1 is 1.67 bits per heavy atom. The highest BCUT2D eigenvalue weighted by Crippen LogP contribution is 2.18.